The molecule has 21 heavy (non-hydrogen) atoms. The number of nitrogens with zero attached hydrogens (tertiary/aromatic N) is 1. The SMILES string of the molecule is CS(=O)(=O)N1CCC(CNC(=O)c2ccc[nH]c2=S)CC1. The van der Waals surface area contributed by atoms with Gasteiger partial charge in [0.2, 0.25) is 10.0 Å². The Kier molecular flexibility index (Phi) is 5.13. The lowest BCUT2D eigenvalue weighted by Gasteiger charge is -2.30. The zero-order valence-corrected chi connectivity index (χ0v) is 13.5. The summed E-state index contributed by atoms with van der Waals surface area (Å²) in [4.78, 5) is 14.8. The minimum Gasteiger partial charge on any atom is -0.352 e. The van der Waals surface area contributed by atoms with Crippen LogP contribution in [0.4, 0.5) is 0 Å². The van der Waals surface area contributed by atoms with Crippen LogP contribution in [0.3, 0.4) is 0 Å². The number of hydrogen-bond donors (Lipinski definition) is 2. The van der Waals surface area contributed by atoms with Crippen LogP contribution in [0, 0.1) is 10.6 Å². The van der Waals surface area contributed by atoms with Crippen LogP contribution in [0.1, 0.15) is 23.2 Å². The molecule has 1 aliphatic rings. The molecular weight excluding hydrogens is 310 g/mol. The predicted molar refractivity (Wildman–Crippen MR) is 83.1 cm³/mol. The molecule has 116 valence electrons. The molecule has 6 nitrogen and oxygen atoms in total. The maximum atomic E-state index is 12.0. The van der Waals surface area contributed by atoms with E-state index in [-0.39, 0.29) is 5.91 Å². The number of hydrogen-bond acceptors (Lipinski definition) is 4. The van der Waals surface area contributed by atoms with E-state index < -0.39 is 10.0 Å². The van der Waals surface area contributed by atoms with E-state index in [2.05, 4.69) is 10.3 Å². The first-order valence-electron chi connectivity index (χ1n) is 6.79. The smallest absolute Gasteiger partial charge is 0.254 e. The Balaban J connectivity index is 1.84. The number of aromatic nitrogens is 1. The van der Waals surface area contributed by atoms with Gasteiger partial charge < -0.3 is 10.3 Å². The molecule has 0 atom stereocenters. The van der Waals surface area contributed by atoms with Crippen molar-refractivity contribution in [3.8, 4) is 0 Å². The molecule has 2 N–H and O–H groups in total. The number of carbonyl (C=O) groups excluding carboxylic acids is 1. The zero-order chi connectivity index (χ0) is 15.5. The molecular formula is C13H19N3O3S2. The summed E-state index contributed by atoms with van der Waals surface area (Å²) in [6.07, 6.45) is 4.43. The van der Waals surface area contributed by atoms with E-state index in [0.29, 0.717) is 35.8 Å². The van der Waals surface area contributed by atoms with E-state index in [1.165, 1.54) is 10.6 Å². The van der Waals surface area contributed by atoms with Gasteiger partial charge >= 0.3 is 0 Å². The maximum Gasteiger partial charge on any atom is 0.254 e. The van der Waals surface area contributed by atoms with E-state index in [0.717, 1.165) is 12.8 Å². The summed E-state index contributed by atoms with van der Waals surface area (Å²) in [5, 5.41) is 2.87. The molecule has 0 saturated carbocycles. The Morgan fingerprint density at radius 3 is 2.71 bits per heavy atom. The first-order valence-corrected chi connectivity index (χ1v) is 9.04. The third kappa shape index (κ3) is 4.36. The first kappa shape index (κ1) is 16.1. The molecule has 1 aromatic heterocycles. The fourth-order valence-electron chi connectivity index (χ4n) is 2.38. The van der Waals surface area contributed by atoms with Crippen molar-refractivity contribution in [2.75, 3.05) is 25.9 Å². The highest BCUT2D eigenvalue weighted by atomic mass is 32.2. The lowest BCUT2D eigenvalue weighted by molar-refractivity contribution is 0.0940. The molecule has 2 rings (SSSR count). The number of nitrogens with one attached hydrogen (secondary N) is 2. The highest BCUT2D eigenvalue weighted by Gasteiger charge is 2.25. The Morgan fingerprint density at radius 2 is 2.14 bits per heavy atom. The fourth-order valence-corrected chi connectivity index (χ4v) is 3.48. The number of aromatic amines is 1. The summed E-state index contributed by atoms with van der Waals surface area (Å²) in [6.45, 7) is 1.58. The predicted octanol–water partition coefficient (Wildman–Crippen LogP) is 1.15. The lowest BCUT2D eigenvalue weighted by atomic mass is 9.98. The Morgan fingerprint density at radius 1 is 1.48 bits per heavy atom. The standard InChI is InChI=1S/C13H19N3O3S2/c1-21(18,19)16-7-4-10(5-8-16)9-15-12(17)11-3-2-6-14-13(11)20/h2-3,6,10H,4-5,7-9H2,1H3,(H,14,20)(H,15,17). The van der Waals surface area contributed by atoms with Gasteiger partial charge in [0.05, 0.1) is 11.8 Å². The number of amides is 1. The van der Waals surface area contributed by atoms with E-state index >= 15 is 0 Å². The number of sulfonamides is 1. The third-order valence-corrected chi connectivity index (χ3v) is 5.30. The summed E-state index contributed by atoms with van der Waals surface area (Å²) in [7, 11) is -3.10. The average molecular weight is 329 g/mol. The van der Waals surface area contributed by atoms with Crippen LogP contribution < -0.4 is 5.32 Å². The van der Waals surface area contributed by atoms with Crippen LogP contribution in [-0.4, -0.2) is 49.5 Å². The monoisotopic (exact) mass is 329 g/mol. The van der Waals surface area contributed by atoms with Crippen LogP contribution in [0.15, 0.2) is 18.3 Å². The van der Waals surface area contributed by atoms with Crippen molar-refractivity contribution >= 4 is 28.1 Å². The van der Waals surface area contributed by atoms with Crippen molar-refractivity contribution in [1.82, 2.24) is 14.6 Å². The van der Waals surface area contributed by atoms with Crippen molar-refractivity contribution in [1.29, 1.82) is 0 Å². The number of pyridine rings is 1. The molecule has 0 spiro atoms. The van der Waals surface area contributed by atoms with Crippen molar-refractivity contribution in [2.45, 2.75) is 12.8 Å². The largest absolute Gasteiger partial charge is 0.352 e. The molecule has 0 aromatic carbocycles. The van der Waals surface area contributed by atoms with Crippen LogP contribution in [0.5, 0.6) is 0 Å². The van der Waals surface area contributed by atoms with Gasteiger partial charge in [-0.3, -0.25) is 4.79 Å². The summed E-state index contributed by atoms with van der Waals surface area (Å²) in [5.74, 6) is 0.107. The van der Waals surface area contributed by atoms with Gasteiger partial charge in [0.1, 0.15) is 4.64 Å². The van der Waals surface area contributed by atoms with Gasteiger partial charge in [0.25, 0.3) is 5.91 Å². The fraction of sp³-hybridized carbons (Fsp3) is 0.538. The lowest BCUT2D eigenvalue weighted by Crippen LogP contribution is -2.41. The molecule has 1 aliphatic heterocycles. The minimum atomic E-state index is -3.10. The summed E-state index contributed by atoms with van der Waals surface area (Å²) in [5.41, 5.74) is 0.459. The first-order chi connectivity index (χ1) is 9.88. The Hall–Kier alpha value is -1.25. The van der Waals surface area contributed by atoms with Crippen molar-refractivity contribution in [3.63, 3.8) is 0 Å². The van der Waals surface area contributed by atoms with Gasteiger partial charge in [0.15, 0.2) is 0 Å². The Bertz CT molecular complexity index is 661. The maximum absolute atomic E-state index is 12.0. The van der Waals surface area contributed by atoms with Gasteiger partial charge in [-0.25, -0.2) is 12.7 Å². The van der Waals surface area contributed by atoms with Gasteiger partial charge in [-0.05, 0) is 30.9 Å². The van der Waals surface area contributed by atoms with E-state index in [4.69, 9.17) is 12.2 Å². The quantitative estimate of drug-likeness (QED) is 0.812. The van der Waals surface area contributed by atoms with Crippen molar-refractivity contribution < 1.29 is 13.2 Å². The van der Waals surface area contributed by atoms with Crippen LogP contribution in [0.2, 0.25) is 0 Å². The van der Waals surface area contributed by atoms with Gasteiger partial charge in [-0.15, -0.1) is 0 Å². The molecule has 0 unspecified atom stereocenters. The summed E-state index contributed by atoms with van der Waals surface area (Å²) >= 11 is 5.07. The molecule has 1 fully saturated rings. The van der Waals surface area contributed by atoms with Crippen molar-refractivity contribution in [2.24, 2.45) is 5.92 Å². The third-order valence-electron chi connectivity index (χ3n) is 3.66. The normalized spacial score (nSPS) is 17.6. The highest BCUT2D eigenvalue weighted by Crippen LogP contribution is 2.18. The van der Waals surface area contributed by atoms with Gasteiger partial charge in [0, 0.05) is 25.8 Å². The second kappa shape index (κ2) is 6.67. The van der Waals surface area contributed by atoms with E-state index in [1.807, 2.05) is 0 Å². The van der Waals surface area contributed by atoms with Crippen LogP contribution in [0.25, 0.3) is 0 Å². The molecule has 8 heteroatoms. The molecule has 1 aromatic rings. The molecule has 0 radical (unpaired) electrons. The summed E-state index contributed by atoms with van der Waals surface area (Å²) < 4.78 is 24.7. The van der Waals surface area contributed by atoms with Crippen LogP contribution in [-0.2, 0) is 10.0 Å². The summed E-state index contributed by atoms with van der Waals surface area (Å²) in [6, 6.07) is 3.41. The molecule has 1 amide bonds. The second-order valence-electron chi connectivity index (χ2n) is 5.23. The number of carbonyl (C=O) groups is 1. The topological polar surface area (TPSA) is 82.3 Å². The molecule has 1 saturated heterocycles. The average Bonchev–Trinajstić information content (AvgIpc) is 2.45. The number of piperidine rings is 1. The molecule has 2 heterocycles. The second-order valence-corrected chi connectivity index (χ2v) is 7.62. The number of rotatable bonds is 4. The number of H-pyrrole nitrogens is 1. The van der Waals surface area contributed by atoms with Crippen LogP contribution >= 0.6 is 12.2 Å². The van der Waals surface area contributed by atoms with Crippen molar-refractivity contribution in [3.05, 3.63) is 28.5 Å². The van der Waals surface area contributed by atoms with Gasteiger partial charge in [-0.1, -0.05) is 12.2 Å². The van der Waals surface area contributed by atoms with E-state index in [1.54, 1.807) is 18.3 Å². The molecule has 0 aliphatic carbocycles. The minimum absolute atomic E-state index is 0.192. The zero-order valence-electron chi connectivity index (χ0n) is 11.8. The highest BCUT2D eigenvalue weighted by molar-refractivity contribution is 7.88. The van der Waals surface area contributed by atoms with E-state index in [9.17, 15) is 13.2 Å². The Labute approximate surface area is 129 Å². The molecule has 0 bridgehead atoms. The van der Waals surface area contributed by atoms with Gasteiger partial charge in [-0.2, -0.15) is 0 Å².